The topological polar surface area (TPSA) is 71.8 Å². The third-order valence-electron chi connectivity index (χ3n) is 5.42. The number of carbonyl (C=O) groups excluding carboxylic acids is 1. The fraction of sp³-hybridized carbons (Fsp3) is 0.0800. The molecule has 2 N–H and O–H groups in total. The van der Waals surface area contributed by atoms with E-state index < -0.39 is 0 Å². The second kappa shape index (κ2) is 7.57. The highest BCUT2D eigenvalue weighted by Crippen LogP contribution is 2.30. The van der Waals surface area contributed by atoms with Gasteiger partial charge in [-0.3, -0.25) is 14.5 Å². The Morgan fingerprint density at radius 1 is 0.968 bits per heavy atom. The van der Waals surface area contributed by atoms with Crippen molar-refractivity contribution in [2.75, 3.05) is 12.4 Å². The summed E-state index contributed by atoms with van der Waals surface area (Å²) in [4.78, 5) is 20.9. The summed E-state index contributed by atoms with van der Waals surface area (Å²) in [6, 6.07) is 20.1. The van der Waals surface area contributed by atoms with Gasteiger partial charge in [-0.25, -0.2) is 4.79 Å². The molecule has 6 nitrogen and oxygen atoms in total. The van der Waals surface area contributed by atoms with Crippen molar-refractivity contribution in [1.82, 2.24) is 19.9 Å². The smallest absolute Gasteiger partial charge is 0.325 e. The number of aryl methyl sites for hydroxylation is 1. The van der Waals surface area contributed by atoms with Crippen LogP contribution in [0.2, 0.25) is 0 Å². The summed E-state index contributed by atoms with van der Waals surface area (Å²) in [5, 5.41) is 8.24. The van der Waals surface area contributed by atoms with E-state index in [1.165, 1.54) is 0 Å². The van der Waals surface area contributed by atoms with Crippen LogP contribution in [0.4, 0.5) is 16.2 Å². The number of amides is 1. The highest BCUT2D eigenvalue weighted by Gasteiger charge is 2.12. The highest BCUT2D eigenvalue weighted by atomic mass is 16.2. The minimum Gasteiger partial charge on any atom is -0.355 e. The van der Waals surface area contributed by atoms with E-state index in [0.717, 1.165) is 50.0 Å². The molecule has 0 saturated carbocycles. The lowest BCUT2D eigenvalue weighted by Gasteiger charge is -2.11. The molecular weight excluding hydrogens is 386 g/mol. The fourth-order valence-corrected chi connectivity index (χ4v) is 3.94. The molecule has 0 bridgehead atoms. The van der Waals surface area contributed by atoms with Crippen molar-refractivity contribution in [3.8, 4) is 11.1 Å². The number of nitrogens with zero attached hydrogens (tertiary/aromatic N) is 3. The number of pyridine rings is 2. The van der Waals surface area contributed by atoms with Crippen molar-refractivity contribution >= 4 is 39.2 Å². The molecule has 1 amide bonds. The average molecular weight is 407 g/mol. The molecule has 2 aromatic carbocycles. The number of hydrogen-bond donors (Lipinski definition) is 2. The van der Waals surface area contributed by atoms with Crippen LogP contribution in [-0.4, -0.2) is 27.6 Å². The molecule has 31 heavy (non-hydrogen) atoms. The lowest BCUT2D eigenvalue weighted by Crippen LogP contribution is -2.25. The number of benzene rings is 2. The molecule has 0 aliphatic rings. The SMILES string of the molecule is CNC(=O)n1c(C)cc2cc(Nc3ccnc4cc(-c5cccnc5)ccc34)ccc21. The normalized spacial score (nSPS) is 11.0. The first kappa shape index (κ1) is 18.8. The minimum absolute atomic E-state index is 0.141. The molecule has 5 aromatic rings. The van der Waals surface area contributed by atoms with E-state index in [4.69, 9.17) is 0 Å². The predicted octanol–water partition coefficient (Wildman–Crippen LogP) is 5.49. The lowest BCUT2D eigenvalue weighted by atomic mass is 10.0. The molecule has 152 valence electrons. The molecule has 0 atom stereocenters. The van der Waals surface area contributed by atoms with Crippen LogP contribution in [0.15, 0.2) is 79.3 Å². The fourth-order valence-electron chi connectivity index (χ4n) is 3.94. The summed E-state index contributed by atoms with van der Waals surface area (Å²) >= 11 is 0. The van der Waals surface area contributed by atoms with E-state index in [1.807, 2.05) is 55.7 Å². The number of nitrogens with one attached hydrogen (secondary N) is 2. The molecule has 0 fully saturated rings. The summed E-state index contributed by atoms with van der Waals surface area (Å²) in [6.45, 7) is 1.93. The summed E-state index contributed by atoms with van der Waals surface area (Å²) in [5.74, 6) is 0. The van der Waals surface area contributed by atoms with Crippen LogP contribution in [-0.2, 0) is 0 Å². The van der Waals surface area contributed by atoms with Crippen molar-refractivity contribution in [2.45, 2.75) is 6.92 Å². The van der Waals surface area contributed by atoms with Gasteiger partial charge in [-0.1, -0.05) is 18.2 Å². The Morgan fingerprint density at radius 2 is 1.87 bits per heavy atom. The first-order valence-corrected chi connectivity index (χ1v) is 10.0. The molecule has 0 spiro atoms. The zero-order valence-electron chi connectivity index (χ0n) is 17.3. The highest BCUT2D eigenvalue weighted by molar-refractivity contribution is 5.97. The van der Waals surface area contributed by atoms with Gasteiger partial charge in [-0.15, -0.1) is 0 Å². The van der Waals surface area contributed by atoms with E-state index in [-0.39, 0.29) is 6.03 Å². The van der Waals surface area contributed by atoms with Crippen LogP contribution in [0.25, 0.3) is 32.9 Å². The Labute approximate surface area is 179 Å². The summed E-state index contributed by atoms with van der Waals surface area (Å²) in [5.41, 5.74) is 6.75. The molecule has 0 unspecified atom stereocenters. The Kier molecular flexibility index (Phi) is 4.59. The van der Waals surface area contributed by atoms with Crippen LogP contribution in [0, 0.1) is 6.92 Å². The number of hydrogen-bond acceptors (Lipinski definition) is 4. The zero-order chi connectivity index (χ0) is 21.4. The maximum absolute atomic E-state index is 12.2. The third-order valence-corrected chi connectivity index (χ3v) is 5.42. The standard InChI is InChI=1S/C25H21N5O/c1-16-12-19-13-20(6-8-24(19)30(16)25(31)26-2)29-22-9-11-28-23-14-17(5-7-21(22)23)18-4-3-10-27-15-18/h3-15H,1-2H3,(H,26,31)(H,28,29). The maximum Gasteiger partial charge on any atom is 0.325 e. The van der Waals surface area contributed by atoms with Gasteiger partial charge in [-0.05, 0) is 55.0 Å². The van der Waals surface area contributed by atoms with Crippen molar-refractivity contribution < 1.29 is 4.79 Å². The third kappa shape index (κ3) is 3.38. The molecule has 0 saturated heterocycles. The van der Waals surface area contributed by atoms with Crippen molar-refractivity contribution in [3.05, 3.63) is 84.9 Å². The number of anilines is 2. The second-order valence-electron chi connectivity index (χ2n) is 7.41. The van der Waals surface area contributed by atoms with E-state index in [0.29, 0.717) is 0 Å². The van der Waals surface area contributed by atoms with Gasteiger partial charge in [0.15, 0.2) is 0 Å². The summed E-state index contributed by atoms with van der Waals surface area (Å²) in [7, 11) is 1.64. The predicted molar refractivity (Wildman–Crippen MR) is 125 cm³/mol. The van der Waals surface area contributed by atoms with Gasteiger partial charge >= 0.3 is 6.03 Å². The van der Waals surface area contributed by atoms with Gasteiger partial charge < -0.3 is 10.6 Å². The number of fused-ring (bicyclic) bond motifs is 2. The van der Waals surface area contributed by atoms with Crippen molar-refractivity contribution in [1.29, 1.82) is 0 Å². The molecule has 0 radical (unpaired) electrons. The van der Waals surface area contributed by atoms with Crippen LogP contribution in [0.3, 0.4) is 0 Å². The van der Waals surface area contributed by atoms with Crippen LogP contribution in [0.1, 0.15) is 5.69 Å². The maximum atomic E-state index is 12.2. The van der Waals surface area contributed by atoms with Crippen molar-refractivity contribution in [2.24, 2.45) is 0 Å². The monoisotopic (exact) mass is 407 g/mol. The average Bonchev–Trinajstić information content (AvgIpc) is 3.14. The summed E-state index contributed by atoms with van der Waals surface area (Å²) < 4.78 is 1.68. The number of carbonyl (C=O) groups is 1. The summed E-state index contributed by atoms with van der Waals surface area (Å²) in [6.07, 6.45) is 5.43. The largest absolute Gasteiger partial charge is 0.355 e. The van der Waals surface area contributed by atoms with E-state index in [1.54, 1.807) is 17.8 Å². The van der Waals surface area contributed by atoms with E-state index in [2.05, 4.69) is 44.9 Å². The molecule has 6 heteroatoms. The van der Waals surface area contributed by atoms with Crippen LogP contribution >= 0.6 is 0 Å². The van der Waals surface area contributed by atoms with Gasteiger partial charge in [0, 0.05) is 59.0 Å². The van der Waals surface area contributed by atoms with Gasteiger partial charge in [0.2, 0.25) is 0 Å². The Bertz CT molecular complexity index is 1420. The minimum atomic E-state index is -0.141. The number of rotatable bonds is 3. The van der Waals surface area contributed by atoms with Crippen LogP contribution < -0.4 is 10.6 Å². The zero-order valence-corrected chi connectivity index (χ0v) is 17.3. The quantitative estimate of drug-likeness (QED) is 0.415. The first-order valence-electron chi connectivity index (χ1n) is 10.0. The molecule has 0 aliphatic carbocycles. The molecule has 5 rings (SSSR count). The lowest BCUT2D eigenvalue weighted by molar-refractivity contribution is 0.245. The van der Waals surface area contributed by atoms with E-state index in [9.17, 15) is 4.79 Å². The van der Waals surface area contributed by atoms with Crippen molar-refractivity contribution in [3.63, 3.8) is 0 Å². The second-order valence-corrected chi connectivity index (χ2v) is 7.41. The molecule has 0 aliphatic heterocycles. The number of aromatic nitrogens is 3. The van der Waals surface area contributed by atoms with Gasteiger partial charge in [-0.2, -0.15) is 0 Å². The van der Waals surface area contributed by atoms with E-state index >= 15 is 0 Å². The Hall–Kier alpha value is -4.19. The van der Waals surface area contributed by atoms with Gasteiger partial charge in [0.05, 0.1) is 11.0 Å². The van der Waals surface area contributed by atoms with Gasteiger partial charge in [0.1, 0.15) is 0 Å². The molecule has 3 aromatic heterocycles. The van der Waals surface area contributed by atoms with Crippen LogP contribution in [0.5, 0.6) is 0 Å². The van der Waals surface area contributed by atoms with Gasteiger partial charge in [0.25, 0.3) is 0 Å². The Balaban J connectivity index is 1.51. The molecule has 3 heterocycles. The molecular formula is C25H21N5O. The first-order chi connectivity index (χ1) is 15.1. The Morgan fingerprint density at radius 3 is 2.68 bits per heavy atom.